The molecule has 0 aromatic heterocycles. The van der Waals surface area contributed by atoms with E-state index in [9.17, 15) is 4.79 Å². The lowest BCUT2D eigenvalue weighted by atomic mass is 9.83. The summed E-state index contributed by atoms with van der Waals surface area (Å²) < 4.78 is 0. The molecule has 0 radical (unpaired) electrons. The van der Waals surface area contributed by atoms with Crippen molar-refractivity contribution >= 4 is 5.97 Å². The lowest BCUT2D eigenvalue weighted by molar-refractivity contribution is -0.137. The molecular weight excluding hydrogens is 396 g/mol. The van der Waals surface area contributed by atoms with Gasteiger partial charge >= 0.3 is 5.97 Å². The number of rotatable bonds is 21. The van der Waals surface area contributed by atoms with E-state index in [1.54, 1.807) is 0 Å². The van der Waals surface area contributed by atoms with E-state index < -0.39 is 5.97 Å². The minimum Gasteiger partial charge on any atom is -0.513 e. The SMILES string of the molecule is C=C(O)CCC/C=C/C=C/[C@H](CCCCC)[C@H](/C=C/C=C/CCCCC)CCCC(=O)O. The first-order valence-corrected chi connectivity index (χ1v) is 12.8. The molecule has 3 heteroatoms. The molecule has 0 amide bonds. The number of unbranched alkanes of at least 4 members (excludes halogenated alkanes) is 6. The van der Waals surface area contributed by atoms with E-state index in [1.807, 2.05) is 0 Å². The molecule has 0 aliphatic rings. The zero-order chi connectivity index (χ0) is 23.9. The maximum atomic E-state index is 11.0. The van der Waals surface area contributed by atoms with Crippen LogP contribution in [-0.4, -0.2) is 16.2 Å². The number of aliphatic carboxylic acids is 1. The highest BCUT2D eigenvalue weighted by Crippen LogP contribution is 2.27. The summed E-state index contributed by atoms with van der Waals surface area (Å²) in [6, 6.07) is 0. The Balaban J connectivity index is 5.06. The van der Waals surface area contributed by atoms with Crippen LogP contribution in [0.4, 0.5) is 0 Å². The summed E-state index contributed by atoms with van der Waals surface area (Å²) in [6.45, 7) is 7.97. The Hall–Kier alpha value is -2.03. The van der Waals surface area contributed by atoms with Crippen molar-refractivity contribution in [2.24, 2.45) is 11.8 Å². The van der Waals surface area contributed by atoms with E-state index in [1.165, 1.54) is 38.5 Å². The summed E-state index contributed by atoms with van der Waals surface area (Å²) >= 11 is 0. The predicted molar refractivity (Wildman–Crippen MR) is 139 cm³/mol. The van der Waals surface area contributed by atoms with E-state index in [4.69, 9.17) is 10.2 Å². The number of aliphatic hydroxyl groups excluding tert-OH is 1. The number of carboxylic acid groups (broad SMARTS) is 1. The van der Waals surface area contributed by atoms with Crippen molar-refractivity contribution in [1.82, 2.24) is 0 Å². The molecule has 3 nitrogen and oxygen atoms in total. The van der Waals surface area contributed by atoms with Crippen LogP contribution in [0, 0.1) is 11.8 Å². The third kappa shape index (κ3) is 19.9. The summed E-state index contributed by atoms with van der Waals surface area (Å²) in [7, 11) is 0. The summed E-state index contributed by atoms with van der Waals surface area (Å²) in [5.74, 6) is 0.311. The average Bonchev–Trinajstić information content (AvgIpc) is 2.75. The van der Waals surface area contributed by atoms with E-state index in [2.05, 4.69) is 69.0 Å². The highest BCUT2D eigenvalue weighted by Gasteiger charge is 2.16. The van der Waals surface area contributed by atoms with Crippen LogP contribution in [0.25, 0.3) is 0 Å². The van der Waals surface area contributed by atoms with Crippen LogP contribution in [0.3, 0.4) is 0 Å². The van der Waals surface area contributed by atoms with Gasteiger partial charge in [-0.1, -0.05) is 101 Å². The summed E-state index contributed by atoms with van der Waals surface area (Å²) in [6.07, 6.45) is 31.5. The van der Waals surface area contributed by atoms with Crippen molar-refractivity contribution in [3.63, 3.8) is 0 Å². The first-order valence-electron chi connectivity index (χ1n) is 12.8. The van der Waals surface area contributed by atoms with Crippen LogP contribution >= 0.6 is 0 Å². The minimum absolute atomic E-state index is 0.235. The Morgan fingerprint density at radius 1 is 0.719 bits per heavy atom. The number of allylic oxidation sites excluding steroid dienone is 9. The van der Waals surface area contributed by atoms with Crippen LogP contribution < -0.4 is 0 Å². The van der Waals surface area contributed by atoms with Gasteiger partial charge in [0.25, 0.3) is 0 Å². The highest BCUT2D eigenvalue weighted by atomic mass is 16.4. The standard InChI is InChI=1S/C29H48O3/c1-4-6-8-9-10-13-17-23-28(24-19-25-29(31)32)27(21-15-7-5-2)22-18-14-11-12-16-20-26(3)30/h10-11,13-14,17-18,22-23,27-28,30H,3-9,12,15-16,19-21,24-25H2,1-2H3,(H,31,32)/b13-10+,14-11+,22-18+,23-17+/t27-,28+/m0/s1. The van der Waals surface area contributed by atoms with E-state index in [0.717, 1.165) is 32.1 Å². The molecular formula is C29H48O3. The van der Waals surface area contributed by atoms with Crippen molar-refractivity contribution in [1.29, 1.82) is 0 Å². The molecule has 0 saturated heterocycles. The molecule has 0 saturated carbocycles. The Labute approximate surface area is 197 Å². The van der Waals surface area contributed by atoms with Gasteiger partial charge in [0.1, 0.15) is 0 Å². The van der Waals surface area contributed by atoms with Crippen LogP contribution in [0.1, 0.15) is 104 Å². The second-order valence-electron chi connectivity index (χ2n) is 8.69. The third-order valence-electron chi connectivity index (χ3n) is 5.64. The topological polar surface area (TPSA) is 57.5 Å². The number of hydrogen-bond acceptors (Lipinski definition) is 2. The van der Waals surface area contributed by atoms with Gasteiger partial charge in [-0.2, -0.15) is 0 Å². The van der Waals surface area contributed by atoms with Crippen molar-refractivity contribution in [2.75, 3.05) is 0 Å². The van der Waals surface area contributed by atoms with Crippen molar-refractivity contribution in [3.05, 3.63) is 60.9 Å². The van der Waals surface area contributed by atoms with E-state index in [0.29, 0.717) is 24.7 Å². The van der Waals surface area contributed by atoms with Crippen molar-refractivity contribution in [2.45, 2.75) is 104 Å². The fourth-order valence-electron chi connectivity index (χ4n) is 3.72. The van der Waals surface area contributed by atoms with Gasteiger partial charge in [-0.05, 0) is 56.8 Å². The van der Waals surface area contributed by atoms with Gasteiger partial charge in [0.2, 0.25) is 0 Å². The molecule has 0 rings (SSSR count). The summed E-state index contributed by atoms with van der Waals surface area (Å²) in [5.41, 5.74) is 0. The molecule has 0 spiro atoms. The fourth-order valence-corrected chi connectivity index (χ4v) is 3.72. The van der Waals surface area contributed by atoms with Gasteiger partial charge in [0.15, 0.2) is 0 Å². The number of carboxylic acids is 1. The van der Waals surface area contributed by atoms with Crippen LogP contribution in [-0.2, 0) is 4.79 Å². The number of carbonyl (C=O) groups is 1. The van der Waals surface area contributed by atoms with Gasteiger partial charge < -0.3 is 10.2 Å². The first kappa shape index (κ1) is 30.0. The first-order chi connectivity index (χ1) is 15.5. The minimum atomic E-state index is -0.713. The van der Waals surface area contributed by atoms with E-state index in [-0.39, 0.29) is 12.2 Å². The Morgan fingerprint density at radius 2 is 1.25 bits per heavy atom. The van der Waals surface area contributed by atoms with Gasteiger partial charge in [-0.3, -0.25) is 4.79 Å². The second-order valence-corrected chi connectivity index (χ2v) is 8.69. The molecule has 182 valence electrons. The van der Waals surface area contributed by atoms with Gasteiger partial charge in [-0.15, -0.1) is 0 Å². The third-order valence-corrected chi connectivity index (χ3v) is 5.64. The lowest BCUT2D eigenvalue weighted by Gasteiger charge is -2.22. The second kappa shape index (κ2) is 22.2. The fraction of sp³-hybridized carbons (Fsp3) is 0.621. The highest BCUT2D eigenvalue weighted by molar-refractivity contribution is 5.66. The van der Waals surface area contributed by atoms with Crippen molar-refractivity contribution < 1.29 is 15.0 Å². The van der Waals surface area contributed by atoms with Gasteiger partial charge in [0, 0.05) is 12.8 Å². The Morgan fingerprint density at radius 3 is 1.78 bits per heavy atom. The summed E-state index contributed by atoms with van der Waals surface area (Å²) in [4.78, 5) is 11.0. The molecule has 2 N–H and O–H groups in total. The Kier molecular flexibility index (Phi) is 20.8. The molecule has 0 aromatic carbocycles. The molecule has 32 heavy (non-hydrogen) atoms. The molecule has 0 aliphatic carbocycles. The molecule has 0 unspecified atom stereocenters. The Bertz CT molecular complexity index is 583. The van der Waals surface area contributed by atoms with Crippen LogP contribution in [0.2, 0.25) is 0 Å². The molecule has 2 atom stereocenters. The predicted octanol–water partition coefficient (Wildman–Crippen LogP) is 9.10. The van der Waals surface area contributed by atoms with Gasteiger partial charge in [-0.25, -0.2) is 0 Å². The maximum Gasteiger partial charge on any atom is 0.303 e. The van der Waals surface area contributed by atoms with E-state index >= 15 is 0 Å². The molecule has 0 fully saturated rings. The maximum absolute atomic E-state index is 11.0. The smallest absolute Gasteiger partial charge is 0.303 e. The molecule has 0 aliphatic heterocycles. The number of hydrogen-bond donors (Lipinski definition) is 2. The largest absolute Gasteiger partial charge is 0.513 e. The zero-order valence-electron chi connectivity index (χ0n) is 20.7. The monoisotopic (exact) mass is 444 g/mol. The molecule has 0 aromatic rings. The van der Waals surface area contributed by atoms with Crippen molar-refractivity contribution in [3.8, 4) is 0 Å². The molecule has 0 bridgehead atoms. The quantitative estimate of drug-likeness (QED) is 0.105. The van der Waals surface area contributed by atoms with Crippen LogP contribution in [0.15, 0.2) is 60.9 Å². The number of aliphatic hydroxyl groups is 1. The van der Waals surface area contributed by atoms with Crippen LogP contribution in [0.5, 0.6) is 0 Å². The molecule has 0 heterocycles. The average molecular weight is 445 g/mol. The summed E-state index contributed by atoms with van der Waals surface area (Å²) in [5, 5.41) is 18.2. The normalized spacial score (nSPS) is 14.2. The zero-order valence-corrected chi connectivity index (χ0v) is 20.7. The van der Waals surface area contributed by atoms with Gasteiger partial charge in [0.05, 0.1) is 5.76 Å². The lowest BCUT2D eigenvalue weighted by Crippen LogP contribution is -2.12.